The molecule has 0 unspecified atom stereocenters. The highest BCUT2D eigenvalue weighted by atomic mass is 32.2. The molecule has 0 saturated heterocycles. The zero-order valence-corrected chi connectivity index (χ0v) is 8.81. The Morgan fingerprint density at radius 1 is 1.23 bits per heavy atom. The highest BCUT2D eigenvalue weighted by molar-refractivity contribution is 7.92. The molecule has 0 aromatic rings. The molecule has 1 saturated carbocycles. The number of allylic oxidation sites excluding steroid dienone is 1. The molecule has 76 valence electrons. The first-order valence-corrected chi connectivity index (χ1v) is 6.34. The van der Waals surface area contributed by atoms with Crippen LogP contribution >= 0.6 is 0 Å². The molecule has 0 aromatic carbocycles. The van der Waals surface area contributed by atoms with E-state index in [-0.39, 0.29) is 6.04 Å². The standard InChI is InChI=1S/C9H17NO2S/c1-2-8-13(11,12)10-9-6-4-3-5-7-9/h2,8-10H,3-7H2,1H3. The third kappa shape index (κ3) is 3.91. The number of rotatable bonds is 3. The molecular formula is C9H17NO2S. The van der Waals surface area contributed by atoms with Gasteiger partial charge in [-0.05, 0) is 19.8 Å². The predicted molar refractivity (Wildman–Crippen MR) is 53.7 cm³/mol. The summed E-state index contributed by atoms with van der Waals surface area (Å²) < 4.78 is 25.3. The van der Waals surface area contributed by atoms with Crippen molar-refractivity contribution in [1.29, 1.82) is 0 Å². The van der Waals surface area contributed by atoms with E-state index in [1.807, 2.05) is 0 Å². The van der Waals surface area contributed by atoms with E-state index in [4.69, 9.17) is 0 Å². The third-order valence-electron chi connectivity index (χ3n) is 2.25. The Hall–Kier alpha value is -0.350. The second kappa shape index (κ2) is 4.77. The highest BCUT2D eigenvalue weighted by Crippen LogP contribution is 2.18. The van der Waals surface area contributed by atoms with Crippen LogP contribution in [-0.4, -0.2) is 14.5 Å². The molecule has 0 radical (unpaired) electrons. The van der Waals surface area contributed by atoms with Crippen LogP contribution in [0.2, 0.25) is 0 Å². The number of hydrogen-bond donors (Lipinski definition) is 1. The van der Waals surface area contributed by atoms with Crippen LogP contribution in [0.3, 0.4) is 0 Å². The minimum absolute atomic E-state index is 0.162. The van der Waals surface area contributed by atoms with Crippen LogP contribution < -0.4 is 4.72 Å². The van der Waals surface area contributed by atoms with Crippen LogP contribution in [0, 0.1) is 0 Å². The molecule has 0 spiro atoms. The van der Waals surface area contributed by atoms with Gasteiger partial charge in [-0.1, -0.05) is 25.3 Å². The average molecular weight is 203 g/mol. The third-order valence-corrected chi connectivity index (χ3v) is 3.54. The van der Waals surface area contributed by atoms with Crippen molar-refractivity contribution in [3.8, 4) is 0 Å². The van der Waals surface area contributed by atoms with Crippen LogP contribution in [0.1, 0.15) is 39.0 Å². The molecule has 0 bridgehead atoms. The van der Waals surface area contributed by atoms with Crippen molar-refractivity contribution in [2.45, 2.75) is 45.1 Å². The Bertz CT molecular complexity index is 263. The Balaban J connectivity index is 2.47. The minimum Gasteiger partial charge on any atom is -0.209 e. The van der Waals surface area contributed by atoms with Gasteiger partial charge in [0.2, 0.25) is 10.0 Å². The maximum Gasteiger partial charge on any atom is 0.233 e. The van der Waals surface area contributed by atoms with E-state index < -0.39 is 10.0 Å². The number of hydrogen-bond acceptors (Lipinski definition) is 2. The summed E-state index contributed by atoms with van der Waals surface area (Å²) in [5.74, 6) is 0. The molecule has 1 aliphatic rings. The van der Waals surface area contributed by atoms with Gasteiger partial charge in [0.15, 0.2) is 0 Å². The van der Waals surface area contributed by atoms with E-state index >= 15 is 0 Å². The Labute approximate surface area is 80.3 Å². The lowest BCUT2D eigenvalue weighted by Crippen LogP contribution is -2.34. The van der Waals surface area contributed by atoms with Crippen molar-refractivity contribution in [3.05, 3.63) is 11.5 Å². The van der Waals surface area contributed by atoms with Crippen molar-refractivity contribution in [2.24, 2.45) is 0 Å². The number of sulfonamides is 1. The molecule has 1 N–H and O–H groups in total. The quantitative estimate of drug-likeness (QED) is 0.760. The van der Waals surface area contributed by atoms with Crippen LogP contribution in [-0.2, 0) is 10.0 Å². The van der Waals surface area contributed by atoms with Crippen molar-refractivity contribution in [3.63, 3.8) is 0 Å². The zero-order chi connectivity index (χ0) is 9.73. The van der Waals surface area contributed by atoms with Gasteiger partial charge in [0.25, 0.3) is 0 Å². The topological polar surface area (TPSA) is 46.2 Å². The maximum atomic E-state index is 11.3. The van der Waals surface area contributed by atoms with Gasteiger partial charge in [-0.2, -0.15) is 0 Å². The first kappa shape index (κ1) is 10.7. The molecule has 1 fully saturated rings. The van der Waals surface area contributed by atoms with Crippen molar-refractivity contribution >= 4 is 10.0 Å². The first-order chi connectivity index (χ1) is 6.14. The van der Waals surface area contributed by atoms with Gasteiger partial charge in [0.05, 0.1) is 0 Å². The van der Waals surface area contributed by atoms with Crippen LogP contribution in [0.4, 0.5) is 0 Å². The molecule has 0 heterocycles. The summed E-state index contributed by atoms with van der Waals surface area (Å²) in [5, 5.41) is 1.22. The SMILES string of the molecule is CC=CS(=O)(=O)NC1CCCCC1. The van der Waals surface area contributed by atoms with Gasteiger partial charge >= 0.3 is 0 Å². The summed E-state index contributed by atoms with van der Waals surface area (Å²) in [6, 6.07) is 0.162. The summed E-state index contributed by atoms with van der Waals surface area (Å²) in [5.41, 5.74) is 0. The molecular weight excluding hydrogens is 186 g/mol. The van der Waals surface area contributed by atoms with E-state index in [0.717, 1.165) is 25.7 Å². The van der Waals surface area contributed by atoms with Gasteiger partial charge < -0.3 is 0 Å². The second-order valence-electron chi connectivity index (χ2n) is 3.47. The normalized spacial score (nSPS) is 21.0. The molecule has 3 nitrogen and oxygen atoms in total. The van der Waals surface area contributed by atoms with E-state index in [1.165, 1.54) is 11.8 Å². The van der Waals surface area contributed by atoms with E-state index in [0.29, 0.717) is 0 Å². The molecule has 0 atom stereocenters. The van der Waals surface area contributed by atoms with Crippen LogP contribution in [0.15, 0.2) is 11.5 Å². The Morgan fingerprint density at radius 2 is 1.85 bits per heavy atom. The summed E-state index contributed by atoms with van der Waals surface area (Å²) in [6.07, 6.45) is 7.03. The minimum atomic E-state index is -3.16. The van der Waals surface area contributed by atoms with Crippen LogP contribution in [0.25, 0.3) is 0 Å². The summed E-state index contributed by atoms with van der Waals surface area (Å²) >= 11 is 0. The molecule has 4 heteroatoms. The van der Waals surface area contributed by atoms with Gasteiger partial charge in [-0.25, -0.2) is 13.1 Å². The van der Waals surface area contributed by atoms with Crippen molar-refractivity contribution in [2.75, 3.05) is 0 Å². The first-order valence-electron chi connectivity index (χ1n) is 4.79. The zero-order valence-electron chi connectivity index (χ0n) is 7.99. The van der Waals surface area contributed by atoms with E-state index in [2.05, 4.69) is 4.72 Å². The molecule has 1 aliphatic carbocycles. The van der Waals surface area contributed by atoms with Gasteiger partial charge in [-0.15, -0.1) is 0 Å². The highest BCUT2D eigenvalue weighted by Gasteiger charge is 2.17. The molecule has 0 aromatic heterocycles. The lowest BCUT2D eigenvalue weighted by molar-refractivity contribution is 0.413. The lowest BCUT2D eigenvalue weighted by Gasteiger charge is -2.21. The monoisotopic (exact) mass is 203 g/mol. The molecule has 0 aliphatic heterocycles. The van der Waals surface area contributed by atoms with Gasteiger partial charge in [0, 0.05) is 11.4 Å². The molecule has 1 rings (SSSR count). The largest absolute Gasteiger partial charge is 0.233 e. The second-order valence-corrected chi connectivity index (χ2v) is 5.07. The molecule has 13 heavy (non-hydrogen) atoms. The Kier molecular flexibility index (Phi) is 3.93. The van der Waals surface area contributed by atoms with E-state index in [1.54, 1.807) is 13.0 Å². The molecule has 0 amide bonds. The van der Waals surface area contributed by atoms with Crippen molar-refractivity contribution in [1.82, 2.24) is 4.72 Å². The van der Waals surface area contributed by atoms with Crippen LogP contribution in [0.5, 0.6) is 0 Å². The predicted octanol–water partition coefficient (Wildman–Crippen LogP) is 1.77. The Morgan fingerprint density at radius 3 is 2.38 bits per heavy atom. The average Bonchev–Trinajstić information content (AvgIpc) is 2.04. The fraction of sp³-hybridized carbons (Fsp3) is 0.778. The summed E-state index contributed by atoms with van der Waals surface area (Å²) in [4.78, 5) is 0. The summed E-state index contributed by atoms with van der Waals surface area (Å²) in [6.45, 7) is 1.71. The van der Waals surface area contributed by atoms with Crippen molar-refractivity contribution < 1.29 is 8.42 Å². The number of nitrogens with one attached hydrogen (secondary N) is 1. The maximum absolute atomic E-state index is 11.3. The summed E-state index contributed by atoms with van der Waals surface area (Å²) in [7, 11) is -3.16. The van der Waals surface area contributed by atoms with E-state index in [9.17, 15) is 8.42 Å². The van der Waals surface area contributed by atoms with Gasteiger partial charge in [0.1, 0.15) is 0 Å². The fourth-order valence-electron chi connectivity index (χ4n) is 1.67. The van der Waals surface area contributed by atoms with Gasteiger partial charge in [-0.3, -0.25) is 0 Å². The lowest BCUT2D eigenvalue weighted by atomic mass is 9.96. The smallest absolute Gasteiger partial charge is 0.209 e. The fourth-order valence-corrected chi connectivity index (χ4v) is 2.81.